The fraction of sp³-hybridized carbons (Fsp3) is 0.381. The average Bonchev–Trinajstić information content (AvgIpc) is 2.61. The van der Waals surface area contributed by atoms with Gasteiger partial charge in [-0.05, 0) is 50.5 Å². The van der Waals surface area contributed by atoms with Gasteiger partial charge in [-0.2, -0.15) is 0 Å². The minimum atomic E-state index is -0.501. The zero-order valence-corrected chi connectivity index (χ0v) is 14.9. The number of aliphatic hydroxyl groups excluding tert-OH is 1. The molecule has 1 N–H and O–H groups in total. The molecular weight excluding hydrogens is 312 g/mol. The summed E-state index contributed by atoms with van der Waals surface area (Å²) in [4.78, 5) is 17.0. The van der Waals surface area contributed by atoms with E-state index in [0.717, 1.165) is 24.2 Å². The number of anilines is 2. The summed E-state index contributed by atoms with van der Waals surface area (Å²) in [5.41, 5.74) is 3.21. The fourth-order valence-corrected chi connectivity index (χ4v) is 3.53. The Balaban J connectivity index is 1.84. The van der Waals surface area contributed by atoms with Crippen LogP contribution < -0.4 is 9.80 Å². The molecule has 1 aliphatic heterocycles. The van der Waals surface area contributed by atoms with Crippen LogP contribution in [0.2, 0.25) is 0 Å². The number of rotatable bonds is 5. The number of amides is 1. The zero-order chi connectivity index (χ0) is 17.8. The summed E-state index contributed by atoms with van der Waals surface area (Å²) >= 11 is 0. The summed E-state index contributed by atoms with van der Waals surface area (Å²) in [5.74, 6) is 0.0733. The number of carbonyl (C=O) groups excluding carboxylic acids is 1. The molecule has 0 radical (unpaired) electrons. The van der Waals surface area contributed by atoms with E-state index >= 15 is 0 Å². The lowest BCUT2D eigenvalue weighted by atomic mass is 9.96. The van der Waals surface area contributed by atoms with E-state index in [1.165, 1.54) is 5.56 Å². The predicted molar refractivity (Wildman–Crippen MR) is 102 cm³/mol. The van der Waals surface area contributed by atoms with Gasteiger partial charge in [-0.1, -0.05) is 36.4 Å². The Morgan fingerprint density at radius 2 is 1.88 bits per heavy atom. The molecule has 0 aromatic heterocycles. The SMILES string of the molecule is C[C@@H]1CCc2ccccc2N1C(=O)CN(C[C@@H](C)O)c1ccccc1. The van der Waals surface area contributed by atoms with Gasteiger partial charge >= 0.3 is 0 Å². The summed E-state index contributed by atoms with van der Waals surface area (Å²) in [6.07, 6.45) is 1.49. The molecule has 0 saturated heterocycles. The Morgan fingerprint density at radius 1 is 1.20 bits per heavy atom. The first-order valence-corrected chi connectivity index (χ1v) is 8.94. The molecule has 0 bridgehead atoms. The summed E-state index contributed by atoms with van der Waals surface area (Å²) in [5, 5.41) is 9.85. The number of para-hydroxylation sites is 2. The first-order valence-electron chi connectivity index (χ1n) is 8.94. The third-order valence-electron chi connectivity index (χ3n) is 4.72. The Labute approximate surface area is 149 Å². The summed E-state index contributed by atoms with van der Waals surface area (Å²) in [6, 6.07) is 18.1. The topological polar surface area (TPSA) is 43.8 Å². The van der Waals surface area contributed by atoms with Crippen molar-refractivity contribution in [2.45, 2.75) is 38.8 Å². The normalized spacial score (nSPS) is 17.7. The van der Waals surface area contributed by atoms with Gasteiger partial charge in [-0.3, -0.25) is 4.79 Å². The summed E-state index contributed by atoms with van der Waals surface area (Å²) in [7, 11) is 0. The number of benzene rings is 2. The Kier molecular flexibility index (Phi) is 5.39. The molecule has 1 aliphatic rings. The molecule has 0 unspecified atom stereocenters. The standard InChI is InChI=1S/C21H26N2O2/c1-16-12-13-18-8-6-7-11-20(18)23(16)21(25)15-22(14-17(2)24)19-9-4-3-5-10-19/h3-11,16-17,24H,12-15H2,1-2H3/t16-,17-/m1/s1. The van der Waals surface area contributed by atoms with Crippen molar-refractivity contribution < 1.29 is 9.90 Å². The van der Waals surface area contributed by atoms with Crippen molar-refractivity contribution in [3.05, 3.63) is 60.2 Å². The lowest BCUT2D eigenvalue weighted by Crippen LogP contribution is -2.48. The Hall–Kier alpha value is -2.33. The van der Waals surface area contributed by atoms with Crippen LogP contribution in [0.1, 0.15) is 25.8 Å². The van der Waals surface area contributed by atoms with Gasteiger partial charge in [0.05, 0.1) is 12.6 Å². The molecule has 4 nitrogen and oxygen atoms in total. The second-order valence-corrected chi connectivity index (χ2v) is 6.85. The zero-order valence-electron chi connectivity index (χ0n) is 14.9. The van der Waals surface area contributed by atoms with Gasteiger partial charge in [0, 0.05) is 24.0 Å². The second-order valence-electron chi connectivity index (χ2n) is 6.85. The quantitative estimate of drug-likeness (QED) is 0.910. The molecule has 2 aromatic carbocycles. The van der Waals surface area contributed by atoms with Crippen LogP contribution in [-0.4, -0.2) is 36.2 Å². The van der Waals surface area contributed by atoms with Gasteiger partial charge in [0.2, 0.25) is 5.91 Å². The molecule has 0 aliphatic carbocycles. The van der Waals surface area contributed by atoms with E-state index < -0.39 is 6.10 Å². The molecule has 1 amide bonds. The average molecular weight is 338 g/mol. The van der Waals surface area contributed by atoms with Gasteiger partial charge in [0.1, 0.15) is 0 Å². The monoisotopic (exact) mass is 338 g/mol. The van der Waals surface area contributed by atoms with Crippen molar-refractivity contribution in [3.8, 4) is 0 Å². The molecule has 1 heterocycles. The van der Waals surface area contributed by atoms with E-state index in [0.29, 0.717) is 6.54 Å². The number of nitrogens with zero attached hydrogens (tertiary/aromatic N) is 2. The molecule has 0 fully saturated rings. The van der Waals surface area contributed by atoms with Crippen LogP contribution in [0.15, 0.2) is 54.6 Å². The largest absolute Gasteiger partial charge is 0.392 e. The van der Waals surface area contributed by atoms with Crippen LogP contribution >= 0.6 is 0 Å². The first-order chi connectivity index (χ1) is 12.1. The van der Waals surface area contributed by atoms with E-state index in [9.17, 15) is 9.90 Å². The van der Waals surface area contributed by atoms with Gasteiger partial charge in [0.15, 0.2) is 0 Å². The van der Waals surface area contributed by atoms with Crippen molar-refractivity contribution in [1.29, 1.82) is 0 Å². The van der Waals surface area contributed by atoms with E-state index in [-0.39, 0.29) is 18.5 Å². The molecule has 0 saturated carbocycles. The minimum Gasteiger partial charge on any atom is -0.392 e. The third-order valence-corrected chi connectivity index (χ3v) is 4.72. The van der Waals surface area contributed by atoms with Gasteiger partial charge in [0.25, 0.3) is 0 Å². The molecule has 4 heteroatoms. The molecule has 3 rings (SSSR count). The lowest BCUT2D eigenvalue weighted by Gasteiger charge is -2.37. The van der Waals surface area contributed by atoms with Crippen LogP contribution in [0.3, 0.4) is 0 Å². The number of hydrogen-bond acceptors (Lipinski definition) is 3. The van der Waals surface area contributed by atoms with Crippen LogP contribution in [0.4, 0.5) is 11.4 Å². The highest BCUT2D eigenvalue weighted by atomic mass is 16.3. The number of fused-ring (bicyclic) bond motifs is 1. The maximum absolute atomic E-state index is 13.1. The number of aryl methyl sites for hydroxylation is 1. The van der Waals surface area contributed by atoms with Gasteiger partial charge in [-0.25, -0.2) is 0 Å². The van der Waals surface area contributed by atoms with E-state index in [1.807, 2.05) is 58.3 Å². The van der Waals surface area contributed by atoms with Crippen LogP contribution in [0, 0.1) is 0 Å². The van der Waals surface area contributed by atoms with Crippen molar-refractivity contribution >= 4 is 17.3 Å². The minimum absolute atomic E-state index is 0.0733. The maximum Gasteiger partial charge on any atom is 0.246 e. The third kappa shape index (κ3) is 4.02. The van der Waals surface area contributed by atoms with Gasteiger partial charge < -0.3 is 14.9 Å². The highest BCUT2D eigenvalue weighted by molar-refractivity contribution is 5.98. The van der Waals surface area contributed by atoms with Gasteiger partial charge in [-0.15, -0.1) is 0 Å². The fourth-order valence-electron chi connectivity index (χ4n) is 3.53. The lowest BCUT2D eigenvalue weighted by molar-refractivity contribution is -0.117. The first kappa shape index (κ1) is 17.5. The van der Waals surface area contributed by atoms with Crippen molar-refractivity contribution in [1.82, 2.24) is 0 Å². The highest BCUT2D eigenvalue weighted by Crippen LogP contribution is 2.30. The predicted octanol–water partition coefficient (Wildman–Crippen LogP) is 3.24. The highest BCUT2D eigenvalue weighted by Gasteiger charge is 2.29. The molecule has 0 spiro atoms. The van der Waals surface area contributed by atoms with E-state index in [4.69, 9.17) is 0 Å². The smallest absolute Gasteiger partial charge is 0.246 e. The molecular formula is C21H26N2O2. The summed E-state index contributed by atoms with van der Waals surface area (Å²) in [6.45, 7) is 4.54. The Morgan fingerprint density at radius 3 is 2.60 bits per heavy atom. The van der Waals surface area contributed by atoms with Crippen molar-refractivity contribution in [2.75, 3.05) is 22.9 Å². The number of aliphatic hydroxyl groups is 1. The molecule has 25 heavy (non-hydrogen) atoms. The second kappa shape index (κ2) is 7.70. The van der Waals surface area contributed by atoms with Crippen molar-refractivity contribution in [2.24, 2.45) is 0 Å². The molecule has 2 aromatic rings. The van der Waals surface area contributed by atoms with Crippen LogP contribution in [0.25, 0.3) is 0 Å². The van der Waals surface area contributed by atoms with Crippen LogP contribution in [0.5, 0.6) is 0 Å². The molecule has 2 atom stereocenters. The Bertz CT molecular complexity index is 715. The van der Waals surface area contributed by atoms with E-state index in [1.54, 1.807) is 6.92 Å². The maximum atomic E-state index is 13.1. The van der Waals surface area contributed by atoms with Crippen molar-refractivity contribution in [3.63, 3.8) is 0 Å². The van der Waals surface area contributed by atoms with Crippen LogP contribution in [-0.2, 0) is 11.2 Å². The molecule has 132 valence electrons. The van der Waals surface area contributed by atoms with E-state index in [2.05, 4.69) is 13.0 Å². The summed E-state index contributed by atoms with van der Waals surface area (Å²) < 4.78 is 0. The number of carbonyl (C=O) groups is 1. The number of hydrogen-bond donors (Lipinski definition) is 1.